The number of aromatic nitrogens is 2. The van der Waals surface area contributed by atoms with E-state index in [1.807, 2.05) is 14.1 Å². The maximum Gasteiger partial charge on any atom is 0.358 e. The number of hydrogen-bond acceptors (Lipinski definition) is 5. The molecule has 0 aliphatic rings. The first-order valence-corrected chi connectivity index (χ1v) is 6.00. The summed E-state index contributed by atoms with van der Waals surface area (Å²) in [7, 11) is 4.02. The first-order valence-electron chi connectivity index (χ1n) is 6.00. The van der Waals surface area contributed by atoms with Crippen molar-refractivity contribution in [3.05, 3.63) is 18.1 Å². The van der Waals surface area contributed by atoms with Crippen molar-refractivity contribution >= 4 is 11.8 Å². The summed E-state index contributed by atoms with van der Waals surface area (Å²) in [4.78, 5) is 20.9. The summed E-state index contributed by atoms with van der Waals surface area (Å²) >= 11 is 0. The fourth-order valence-corrected chi connectivity index (χ4v) is 1.71. The maximum atomic E-state index is 11.0. The fourth-order valence-electron chi connectivity index (χ4n) is 1.71. The highest BCUT2D eigenvalue weighted by Crippen LogP contribution is 2.10. The lowest BCUT2D eigenvalue weighted by molar-refractivity contribution is 0.0691. The molecule has 0 aliphatic carbocycles. The molecule has 0 fully saturated rings. The molecule has 0 aliphatic heterocycles. The average molecular weight is 252 g/mol. The van der Waals surface area contributed by atoms with Crippen molar-refractivity contribution < 1.29 is 9.90 Å². The van der Waals surface area contributed by atoms with Gasteiger partial charge in [-0.25, -0.2) is 14.8 Å². The van der Waals surface area contributed by atoms with E-state index in [1.54, 1.807) is 0 Å². The Hall–Kier alpha value is -1.69. The number of carboxylic acids is 1. The molecule has 1 aromatic rings. The van der Waals surface area contributed by atoms with Crippen LogP contribution in [0, 0.1) is 0 Å². The van der Waals surface area contributed by atoms with E-state index in [2.05, 4.69) is 27.1 Å². The zero-order valence-corrected chi connectivity index (χ0v) is 11.1. The molecule has 1 rings (SSSR count). The Morgan fingerprint density at radius 1 is 1.44 bits per heavy atom. The highest BCUT2D eigenvalue weighted by molar-refractivity contribution is 5.90. The van der Waals surface area contributed by atoms with Gasteiger partial charge < -0.3 is 15.3 Å². The van der Waals surface area contributed by atoms with E-state index in [1.165, 1.54) is 12.4 Å². The van der Waals surface area contributed by atoms with Crippen molar-refractivity contribution in [3.63, 3.8) is 0 Å². The fraction of sp³-hybridized carbons (Fsp3) is 0.583. The number of rotatable bonds is 7. The Balaban J connectivity index is 2.70. The molecular formula is C12H20N4O2. The Labute approximate surface area is 107 Å². The van der Waals surface area contributed by atoms with Crippen LogP contribution in [0.15, 0.2) is 12.4 Å². The second kappa shape index (κ2) is 6.90. The van der Waals surface area contributed by atoms with Crippen LogP contribution >= 0.6 is 0 Å². The molecule has 1 aromatic heterocycles. The van der Waals surface area contributed by atoms with Gasteiger partial charge in [-0.1, -0.05) is 13.3 Å². The van der Waals surface area contributed by atoms with E-state index >= 15 is 0 Å². The molecule has 6 heteroatoms. The molecule has 0 radical (unpaired) electrons. The summed E-state index contributed by atoms with van der Waals surface area (Å²) in [6, 6.07) is 0.346. The Morgan fingerprint density at radius 2 is 2.11 bits per heavy atom. The molecule has 1 heterocycles. The molecule has 100 valence electrons. The molecule has 0 unspecified atom stereocenters. The third-order valence-corrected chi connectivity index (χ3v) is 2.76. The topological polar surface area (TPSA) is 78.3 Å². The highest BCUT2D eigenvalue weighted by atomic mass is 16.4. The van der Waals surface area contributed by atoms with Gasteiger partial charge >= 0.3 is 5.97 Å². The van der Waals surface area contributed by atoms with E-state index in [0.717, 1.165) is 12.8 Å². The molecule has 18 heavy (non-hydrogen) atoms. The van der Waals surface area contributed by atoms with Gasteiger partial charge in [0.1, 0.15) is 0 Å². The van der Waals surface area contributed by atoms with Crippen molar-refractivity contribution in [2.24, 2.45) is 0 Å². The van der Waals surface area contributed by atoms with Crippen LogP contribution in [-0.4, -0.2) is 52.6 Å². The predicted molar refractivity (Wildman–Crippen MR) is 69.9 cm³/mol. The third-order valence-electron chi connectivity index (χ3n) is 2.76. The minimum Gasteiger partial charge on any atom is -0.476 e. The van der Waals surface area contributed by atoms with E-state index < -0.39 is 5.97 Å². The monoisotopic (exact) mass is 252 g/mol. The molecule has 0 bridgehead atoms. The normalized spacial score (nSPS) is 12.4. The Bertz CT molecular complexity index is 395. The SMILES string of the molecule is CCC[C@@H](CNc1nccnc1C(=O)O)N(C)C. The van der Waals surface area contributed by atoms with Gasteiger partial charge in [0.05, 0.1) is 0 Å². The van der Waals surface area contributed by atoms with E-state index in [0.29, 0.717) is 18.4 Å². The second-order valence-corrected chi connectivity index (χ2v) is 4.35. The molecule has 0 saturated heterocycles. The van der Waals surface area contributed by atoms with Gasteiger partial charge in [0.15, 0.2) is 11.5 Å². The number of carbonyl (C=O) groups is 1. The number of nitrogens with zero attached hydrogens (tertiary/aromatic N) is 3. The lowest BCUT2D eigenvalue weighted by Crippen LogP contribution is -2.34. The minimum atomic E-state index is -1.07. The number of nitrogens with one attached hydrogen (secondary N) is 1. The lowest BCUT2D eigenvalue weighted by Gasteiger charge is -2.24. The maximum absolute atomic E-state index is 11.0. The minimum absolute atomic E-state index is 0.0356. The number of hydrogen-bond donors (Lipinski definition) is 2. The van der Waals surface area contributed by atoms with Crippen molar-refractivity contribution in [1.82, 2.24) is 14.9 Å². The number of aromatic carboxylic acids is 1. The predicted octanol–water partition coefficient (Wildman–Crippen LogP) is 1.32. The summed E-state index contributed by atoms with van der Waals surface area (Å²) < 4.78 is 0. The second-order valence-electron chi connectivity index (χ2n) is 4.35. The molecule has 0 saturated carbocycles. The molecule has 2 N–H and O–H groups in total. The third kappa shape index (κ3) is 3.96. The van der Waals surface area contributed by atoms with E-state index in [-0.39, 0.29) is 5.69 Å². The summed E-state index contributed by atoms with van der Waals surface area (Å²) in [5.41, 5.74) is -0.0356. The quantitative estimate of drug-likeness (QED) is 0.762. The van der Waals surface area contributed by atoms with E-state index in [9.17, 15) is 4.79 Å². The largest absolute Gasteiger partial charge is 0.476 e. The summed E-state index contributed by atoms with van der Waals surface area (Å²) in [6.45, 7) is 2.78. The van der Waals surface area contributed by atoms with Gasteiger partial charge in [0.2, 0.25) is 0 Å². The zero-order valence-electron chi connectivity index (χ0n) is 11.1. The van der Waals surface area contributed by atoms with Gasteiger partial charge in [-0.2, -0.15) is 0 Å². The highest BCUT2D eigenvalue weighted by Gasteiger charge is 2.15. The van der Waals surface area contributed by atoms with Gasteiger partial charge in [-0.15, -0.1) is 0 Å². The molecule has 0 aromatic carbocycles. The standard InChI is InChI=1S/C12H20N4O2/c1-4-5-9(16(2)3)8-15-11-10(12(17)18)13-6-7-14-11/h6-7,9H,4-5,8H2,1-3H3,(H,14,15)(H,17,18)/t9-/m0/s1. The number of anilines is 1. The Morgan fingerprint density at radius 3 is 2.67 bits per heavy atom. The van der Waals surface area contributed by atoms with Gasteiger partial charge in [0, 0.05) is 25.0 Å². The van der Waals surface area contributed by atoms with Crippen LogP contribution < -0.4 is 5.32 Å². The number of carboxylic acid groups (broad SMARTS) is 1. The van der Waals surface area contributed by atoms with Crippen LogP contribution in [0.1, 0.15) is 30.3 Å². The van der Waals surface area contributed by atoms with Crippen molar-refractivity contribution in [2.45, 2.75) is 25.8 Å². The molecule has 6 nitrogen and oxygen atoms in total. The average Bonchev–Trinajstić information content (AvgIpc) is 2.34. The van der Waals surface area contributed by atoms with Crippen LogP contribution in [0.25, 0.3) is 0 Å². The molecule has 0 amide bonds. The first-order chi connectivity index (χ1) is 8.56. The van der Waals surface area contributed by atoms with Crippen LogP contribution in [-0.2, 0) is 0 Å². The lowest BCUT2D eigenvalue weighted by atomic mass is 10.1. The van der Waals surface area contributed by atoms with E-state index in [4.69, 9.17) is 5.11 Å². The van der Waals surface area contributed by atoms with Crippen LogP contribution in [0.4, 0.5) is 5.82 Å². The molecular weight excluding hydrogens is 232 g/mol. The first kappa shape index (κ1) is 14.4. The zero-order chi connectivity index (χ0) is 13.5. The Kier molecular flexibility index (Phi) is 5.51. The summed E-state index contributed by atoms with van der Waals surface area (Å²) in [5.74, 6) is -0.740. The molecule has 1 atom stereocenters. The van der Waals surface area contributed by atoms with Crippen molar-refractivity contribution in [3.8, 4) is 0 Å². The van der Waals surface area contributed by atoms with Crippen LogP contribution in [0.2, 0.25) is 0 Å². The molecule has 0 spiro atoms. The van der Waals surface area contributed by atoms with Crippen molar-refractivity contribution in [1.29, 1.82) is 0 Å². The summed E-state index contributed by atoms with van der Waals surface area (Å²) in [5, 5.41) is 12.1. The van der Waals surface area contributed by atoms with Crippen LogP contribution in [0.5, 0.6) is 0 Å². The van der Waals surface area contributed by atoms with Crippen LogP contribution in [0.3, 0.4) is 0 Å². The van der Waals surface area contributed by atoms with Gasteiger partial charge in [-0.3, -0.25) is 0 Å². The van der Waals surface area contributed by atoms with Gasteiger partial charge in [0.25, 0.3) is 0 Å². The van der Waals surface area contributed by atoms with Crippen molar-refractivity contribution in [2.75, 3.05) is 26.0 Å². The smallest absolute Gasteiger partial charge is 0.358 e. The number of likely N-dealkylation sites (N-methyl/N-ethyl adjacent to an activating group) is 1. The summed E-state index contributed by atoms with van der Waals surface area (Å²) in [6.07, 6.45) is 4.99. The van der Waals surface area contributed by atoms with Gasteiger partial charge in [-0.05, 0) is 20.5 Å².